The third-order valence-electron chi connectivity index (χ3n) is 11.1. The van der Waals surface area contributed by atoms with Gasteiger partial charge in [-0.25, -0.2) is 0 Å². The Morgan fingerprint density at radius 3 is 0.969 bits per heavy atom. The van der Waals surface area contributed by atoms with Gasteiger partial charge in [0, 0.05) is 19.3 Å². The maximum absolute atomic E-state index is 12.8. The van der Waals surface area contributed by atoms with Crippen molar-refractivity contribution in [3.63, 3.8) is 0 Å². The highest BCUT2D eigenvalue weighted by atomic mass is 16.6. The second-order valence-electron chi connectivity index (χ2n) is 17.4. The Hall–Kier alpha value is -3.41. The molecule has 0 aromatic carbocycles. The Balaban J connectivity index is 4.44. The highest BCUT2D eigenvalue weighted by Crippen LogP contribution is 2.14. The van der Waals surface area contributed by atoms with Crippen molar-refractivity contribution in [2.24, 2.45) is 0 Å². The van der Waals surface area contributed by atoms with Crippen LogP contribution >= 0.6 is 0 Å². The molecule has 0 aromatic heterocycles. The summed E-state index contributed by atoms with van der Waals surface area (Å²) in [6.07, 6.45) is 67.0. The van der Waals surface area contributed by atoms with E-state index in [9.17, 15) is 14.4 Å². The van der Waals surface area contributed by atoms with E-state index in [2.05, 4.69) is 106 Å². The van der Waals surface area contributed by atoms with Gasteiger partial charge in [0.2, 0.25) is 0 Å². The molecule has 0 fully saturated rings. The van der Waals surface area contributed by atoms with Crippen molar-refractivity contribution < 1.29 is 28.6 Å². The van der Waals surface area contributed by atoms with Crippen LogP contribution in [0.5, 0.6) is 0 Å². The molecule has 1 unspecified atom stereocenters. The predicted molar refractivity (Wildman–Crippen MR) is 274 cm³/mol. The van der Waals surface area contributed by atoms with E-state index in [0.717, 1.165) is 116 Å². The molecule has 0 bridgehead atoms. The van der Waals surface area contributed by atoms with Crippen molar-refractivity contribution in [2.75, 3.05) is 13.2 Å². The van der Waals surface area contributed by atoms with Gasteiger partial charge in [-0.1, -0.05) is 196 Å². The first-order valence-corrected chi connectivity index (χ1v) is 26.6. The van der Waals surface area contributed by atoms with Crippen molar-refractivity contribution in [1.29, 1.82) is 0 Å². The monoisotopic (exact) mass is 891 g/mol. The first-order valence-electron chi connectivity index (χ1n) is 26.6. The van der Waals surface area contributed by atoms with Crippen LogP contribution in [0.3, 0.4) is 0 Å². The Morgan fingerprint density at radius 1 is 0.328 bits per heavy atom. The number of carbonyl (C=O) groups is 3. The van der Waals surface area contributed by atoms with E-state index in [0.29, 0.717) is 19.3 Å². The minimum Gasteiger partial charge on any atom is -0.462 e. The number of hydrogen-bond donors (Lipinski definition) is 0. The number of rotatable bonds is 47. The van der Waals surface area contributed by atoms with Crippen LogP contribution in [0.2, 0.25) is 0 Å². The average molecular weight is 891 g/mol. The zero-order valence-electron chi connectivity index (χ0n) is 41.8. The quantitative estimate of drug-likeness (QED) is 0.0262. The Labute approximate surface area is 395 Å². The van der Waals surface area contributed by atoms with Gasteiger partial charge in [0.15, 0.2) is 6.10 Å². The Bertz CT molecular complexity index is 1250. The van der Waals surface area contributed by atoms with Gasteiger partial charge in [-0.05, 0) is 116 Å². The topological polar surface area (TPSA) is 78.9 Å². The summed E-state index contributed by atoms with van der Waals surface area (Å²) in [6, 6.07) is 0. The van der Waals surface area contributed by atoms with Gasteiger partial charge in [0.05, 0.1) is 0 Å². The van der Waals surface area contributed by atoms with E-state index < -0.39 is 6.10 Å². The molecule has 1 atom stereocenters. The molecule has 366 valence electrons. The van der Waals surface area contributed by atoms with Crippen molar-refractivity contribution in [3.05, 3.63) is 85.1 Å². The number of hydrogen-bond acceptors (Lipinski definition) is 6. The molecule has 0 saturated carbocycles. The lowest BCUT2D eigenvalue weighted by molar-refractivity contribution is -0.167. The summed E-state index contributed by atoms with van der Waals surface area (Å²) in [5, 5.41) is 0. The number of allylic oxidation sites excluding steroid dienone is 14. The van der Waals surface area contributed by atoms with Crippen LogP contribution in [0.4, 0.5) is 0 Å². The zero-order chi connectivity index (χ0) is 46.5. The van der Waals surface area contributed by atoms with E-state index in [4.69, 9.17) is 14.2 Å². The first kappa shape index (κ1) is 60.6. The smallest absolute Gasteiger partial charge is 0.306 e. The molecular weight excluding hydrogens is 793 g/mol. The lowest BCUT2D eigenvalue weighted by atomic mass is 10.1. The zero-order valence-corrected chi connectivity index (χ0v) is 41.8. The normalized spacial score (nSPS) is 12.7. The molecule has 6 nitrogen and oxygen atoms in total. The number of carbonyl (C=O) groups excluding carboxylic acids is 3. The summed E-state index contributed by atoms with van der Waals surface area (Å²) < 4.78 is 16.8. The number of esters is 3. The molecule has 0 N–H and O–H groups in total. The molecule has 0 aromatic rings. The van der Waals surface area contributed by atoms with Gasteiger partial charge < -0.3 is 14.2 Å². The van der Waals surface area contributed by atoms with E-state index in [1.807, 2.05) is 0 Å². The van der Waals surface area contributed by atoms with Crippen LogP contribution in [0.1, 0.15) is 245 Å². The Morgan fingerprint density at radius 2 is 0.609 bits per heavy atom. The molecule has 0 spiro atoms. The second kappa shape index (κ2) is 52.2. The van der Waals surface area contributed by atoms with Crippen LogP contribution in [0.25, 0.3) is 0 Å². The van der Waals surface area contributed by atoms with Gasteiger partial charge in [-0.15, -0.1) is 0 Å². The second-order valence-corrected chi connectivity index (χ2v) is 17.4. The maximum atomic E-state index is 12.8. The lowest BCUT2D eigenvalue weighted by Gasteiger charge is -2.18. The summed E-state index contributed by atoms with van der Waals surface area (Å²) >= 11 is 0. The molecule has 0 amide bonds. The van der Waals surface area contributed by atoms with Crippen molar-refractivity contribution >= 4 is 17.9 Å². The summed E-state index contributed by atoms with van der Waals surface area (Å²) in [5.41, 5.74) is 0. The molecule has 64 heavy (non-hydrogen) atoms. The first-order chi connectivity index (χ1) is 31.5. The average Bonchev–Trinajstić information content (AvgIpc) is 3.29. The number of ether oxygens (including phenoxy) is 3. The standard InChI is InChI=1S/C58H98O6/c1-4-7-10-13-16-19-22-25-27-29-31-33-36-39-42-45-48-51-57(60)63-54-55(53-62-56(59)50-47-44-41-38-35-24-21-18-15-12-9-6-3)64-58(61)52-49-46-43-40-37-34-32-30-28-26-23-20-17-14-11-8-5-2/h7,10,16-21,25-28,31,33,55H,4-6,8-9,11-15,22-24,29-30,32,34-54H2,1-3H3/b10-7-,19-16-,20-17-,21-18-,27-25-,28-26-,33-31-. The van der Waals surface area contributed by atoms with Crippen LogP contribution in [0, 0.1) is 0 Å². The van der Waals surface area contributed by atoms with E-state index >= 15 is 0 Å². The van der Waals surface area contributed by atoms with Gasteiger partial charge >= 0.3 is 17.9 Å². The molecule has 0 aliphatic carbocycles. The van der Waals surface area contributed by atoms with Crippen molar-refractivity contribution in [2.45, 2.75) is 252 Å². The molecule has 0 aliphatic rings. The molecule has 6 heteroatoms. The summed E-state index contributed by atoms with van der Waals surface area (Å²) in [5.74, 6) is -0.933. The largest absolute Gasteiger partial charge is 0.462 e. The van der Waals surface area contributed by atoms with Crippen LogP contribution < -0.4 is 0 Å². The molecule has 0 saturated heterocycles. The maximum Gasteiger partial charge on any atom is 0.306 e. The van der Waals surface area contributed by atoms with Crippen LogP contribution in [-0.4, -0.2) is 37.2 Å². The molecule has 0 radical (unpaired) electrons. The van der Waals surface area contributed by atoms with Crippen LogP contribution in [-0.2, 0) is 28.6 Å². The van der Waals surface area contributed by atoms with Crippen molar-refractivity contribution in [1.82, 2.24) is 0 Å². The highest BCUT2D eigenvalue weighted by molar-refractivity contribution is 5.71. The van der Waals surface area contributed by atoms with Gasteiger partial charge in [-0.2, -0.15) is 0 Å². The molecule has 0 rings (SSSR count). The van der Waals surface area contributed by atoms with E-state index in [1.54, 1.807) is 0 Å². The summed E-state index contributed by atoms with van der Waals surface area (Å²) in [4.78, 5) is 38.0. The third-order valence-corrected chi connectivity index (χ3v) is 11.1. The molecular formula is C58H98O6. The minimum atomic E-state index is -0.794. The summed E-state index contributed by atoms with van der Waals surface area (Å²) in [6.45, 7) is 6.44. The summed E-state index contributed by atoms with van der Waals surface area (Å²) in [7, 11) is 0. The van der Waals surface area contributed by atoms with Crippen molar-refractivity contribution in [3.8, 4) is 0 Å². The fourth-order valence-corrected chi connectivity index (χ4v) is 7.10. The Kier molecular flexibility index (Phi) is 49.4. The van der Waals surface area contributed by atoms with Gasteiger partial charge in [0.25, 0.3) is 0 Å². The minimum absolute atomic E-state index is 0.0926. The molecule has 0 heterocycles. The van der Waals surface area contributed by atoms with Gasteiger partial charge in [0.1, 0.15) is 13.2 Å². The van der Waals surface area contributed by atoms with E-state index in [1.165, 1.54) is 89.9 Å². The van der Waals surface area contributed by atoms with Gasteiger partial charge in [-0.3, -0.25) is 14.4 Å². The molecule has 0 aliphatic heterocycles. The van der Waals surface area contributed by atoms with Crippen LogP contribution in [0.15, 0.2) is 85.1 Å². The highest BCUT2D eigenvalue weighted by Gasteiger charge is 2.19. The fourth-order valence-electron chi connectivity index (χ4n) is 7.10. The number of unbranched alkanes of at least 4 members (excludes halogenated alkanes) is 22. The lowest BCUT2D eigenvalue weighted by Crippen LogP contribution is -2.30. The fraction of sp³-hybridized carbons (Fsp3) is 0.707. The SMILES string of the molecule is CC/C=C\C/C=C\C/C=C\C/C=C\CCCCCCC(=O)OCC(COC(=O)CCCCCCC/C=C\CCCCC)OC(=O)CCCCCCCCC/C=C\C/C=C\CCCCC. The predicted octanol–water partition coefficient (Wildman–Crippen LogP) is 17.6. The third kappa shape index (κ3) is 49.6. The van der Waals surface area contributed by atoms with E-state index in [-0.39, 0.29) is 31.1 Å².